The zero-order valence-corrected chi connectivity index (χ0v) is 10.7. The van der Waals surface area contributed by atoms with E-state index < -0.39 is 15.7 Å². The van der Waals surface area contributed by atoms with Gasteiger partial charge in [0.1, 0.15) is 5.82 Å². The van der Waals surface area contributed by atoms with E-state index in [9.17, 15) is 12.8 Å². The van der Waals surface area contributed by atoms with Crippen molar-refractivity contribution < 1.29 is 12.8 Å². The van der Waals surface area contributed by atoms with Crippen molar-refractivity contribution in [2.24, 2.45) is 0 Å². The summed E-state index contributed by atoms with van der Waals surface area (Å²) < 4.78 is 36.3. The van der Waals surface area contributed by atoms with Gasteiger partial charge in [-0.05, 0) is 30.7 Å². The third-order valence-electron chi connectivity index (χ3n) is 2.79. The van der Waals surface area contributed by atoms with Gasteiger partial charge in [0.2, 0.25) is 0 Å². The molecule has 1 aliphatic heterocycles. The SMILES string of the molecule is O=S1(=O)CCCNC(c2ccc(F)c(Cl)c2)C1. The number of nitrogens with one attached hydrogen (secondary N) is 1. The molecule has 1 aromatic rings. The fourth-order valence-corrected chi connectivity index (χ4v) is 3.67. The predicted octanol–water partition coefficient (Wildman–Crippen LogP) is 1.93. The van der Waals surface area contributed by atoms with Crippen LogP contribution in [0.15, 0.2) is 18.2 Å². The molecule has 0 aliphatic carbocycles. The Kier molecular flexibility index (Phi) is 3.70. The first-order chi connectivity index (χ1) is 7.98. The van der Waals surface area contributed by atoms with Crippen LogP contribution < -0.4 is 5.32 Å². The molecule has 0 spiro atoms. The normalized spacial score (nSPS) is 24.2. The Hall–Kier alpha value is -0.650. The van der Waals surface area contributed by atoms with Gasteiger partial charge in [-0.2, -0.15) is 0 Å². The molecule has 1 aliphatic rings. The van der Waals surface area contributed by atoms with E-state index in [1.165, 1.54) is 12.1 Å². The van der Waals surface area contributed by atoms with Crippen LogP contribution in [-0.4, -0.2) is 26.5 Å². The third-order valence-corrected chi connectivity index (χ3v) is 4.83. The van der Waals surface area contributed by atoms with E-state index in [0.29, 0.717) is 18.5 Å². The van der Waals surface area contributed by atoms with Crippen LogP contribution in [0.1, 0.15) is 18.0 Å². The topological polar surface area (TPSA) is 46.2 Å². The second kappa shape index (κ2) is 4.92. The molecule has 1 N–H and O–H groups in total. The molecule has 3 nitrogen and oxygen atoms in total. The highest BCUT2D eigenvalue weighted by Crippen LogP contribution is 2.23. The number of sulfone groups is 1. The smallest absolute Gasteiger partial charge is 0.152 e. The summed E-state index contributed by atoms with van der Waals surface area (Å²) in [5.41, 5.74) is 0.710. The summed E-state index contributed by atoms with van der Waals surface area (Å²) in [5.74, 6) is -0.257. The summed E-state index contributed by atoms with van der Waals surface area (Å²) in [5, 5.41) is 3.16. The monoisotopic (exact) mass is 277 g/mol. The van der Waals surface area contributed by atoms with Gasteiger partial charge in [-0.1, -0.05) is 17.7 Å². The summed E-state index contributed by atoms with van der Waals surface area (Å²) in [7, 11) is -3.04. The van der Waals surface area contributed by atoms with Crippen LogP contribution in [0.4, 0.5) is 4.39 Å². The van der Waals surface area contributed by atoms with Crippen molar-refractivity contribution in [3.8, 4) is 0 Å². The number of hydrogen-bond acceptors (Lipinski definition) is 3. The van der Waals surface area contributed by atoms with Gasteiger partial charge in [0.25, 0.3) is 0 Å². The molecular formula is C11H13ClFNO2S. The average molecular weight is 278 g/mol. The molecule has 1 unspecified atom stereocenters. The molecular weight excluding hydrogens is 265 g/mol. The molecule has 1 saturated heterocycles. The molecule has 94 valence electrons. The summed E-state index contributed by atoms with van der Waals surface area (Å²) in [4.78, 5) is 0. The van der Waals surface area contributed by atoms with Crippen molar-refractivity contribution in [1.82, 2.24) is 5.32 Å². The predicted molar refractivity (Wildman–Crippen MR) is 65.4 cm³/mol. The van der Waals surface area contributed by atoms with E-state index in [0.717, 1.165) is 0 Å². The van der Waals surface area contributed by atoms with Gasteiger partial charge < -0.3 is 5.32 Å². The van der Waals surface area contributed by atoms with Gasteiger partial charge >= 0.3 is 0 Å². The fourth-order valence-electron chi connectivity index (χ4n) is 1.91. The first kappa shape index (κ1) is 12.8. The second-order valence-corrected chi connectivity index (χ2v) is 6.78. The zero-order valence-electron chi connectivity index (χ0n) is 9.12. The summed E-state index contributed by atoms with van der Waals surface area (Å²) in [6, 6.07) is 4.01. The van der Waals surface area contributed by atoms with Crippen molar-refractivity contribution in [2.75, 3.05) is 18.1 Å². The average Bonchev–Trinajstić information content (AvgIpc) is 2.43. The first-order valence-corrected chi connectivity index (χ1v) is 7.57. The van der Waals surface area contributed by atoms with Gasteiger partial charge in [0, 0.05) is 6.04 Å². The lowest BCUT2D eigenvalue weighted by molar-refractivity contribution is 0.570. The fraction of sp³-hybridized carbons (Fsp3) is 0.455. The van der Waals surface area contributed by atoms with Gasteiger partial charge in [-0.3, -0.25) is 0 Å². The van der Waals surface area contributed by atoms with Crippen LogP contribution in [0.2, 0.25) is 5.02 Å². The highest BCUT2D eigenvalue weighted by atomic mass is 35.5. The molecule has 0 aromatic heterocycles. The van der Waals surface area contributed by atoms with Crippen LogP contribution in [0.25, 0.3) is 0 Å². The Morgan fingerprint density at radius 2 is 2.18 bits per heavy atom. The second-order valence-electron chi connectivity index (χ2n) is 4.15. The van der Waals surface area contributed by atoms with Crippen LogP contribution in [-0.2, 0) is 9.84 Å². The molecule has 1 fully saturated rings. The number of benzene rings is 1. The Morgan fingerprint density at radius 1 is 1.41 bits per heavy atom. The summed E-state index contributed by atoms with van der Waals surface area (Å²) in [6.07, 6.45) is 0.605. The van der Waals surface area contributed by atoms with Crippen LogP contribution in [0.3, 0.4) is 0 Å². The number of halogens is 2. The highest BCUT2D eigenvalue weighted by Gasteiger charge is 2.23. The molecule has 0 saturated carbocycles. The molecule has 1 heterocycles. The van der Waals surface area contributed by atoms with E-state index in [2.05, 4.69) is 5.32 Å². The Labute approximate surface area is 105 Å². The van der Waals surface area contributed by atoms with Crippen molar-refractivity contribution in [1.29, 1.82) is 0 Å². The summed E-state index contributed by atoms with van der Waals surface area (Å²) >= 11 is 5.69. The Morgan fingerprint density at radius 3 is 2.88 bits per heavy atom. The largest absolute Gasteiger partial charge is 0.309 e. The Bertz CT molecular complexity index is 518. The lowest BCUT2D eigenvalue weighted by atomic mass is 10.1. The standard InChI is InChI=1S/C11H13ClFNO2S/c12-9-6-8(2-3-10(9)13)11-7-17(15,16)5-1-4-14-11/h2-3,6,11,14H,1,4-5,7H2. The Balaban J connectivity index is 2.28. The van der Waals surface area contributed by atoms with Crippen LogP contribution in [0.5, 0.6) is 0 Å². The minimum atomic E-state index is -3.04. The van der Waals surface area contributed by atoms with Gasteiger partial charge in [0.15, 0.2) is 9.84 Å². The van der Waals surface area contributed by atoms with Crippen molar-refractivity contribution in [3.05, 3.63) is 34.6 Å². The minimum absolute atomic E-state index is 0.0194. The van der Waals surface area contributed by atoms with Gasteiger partial charge in [-0.15, -0.1) is 0 Å². The molecule has 17 heavy (non-hydrogen) atoms. The van der Waals surface area contributed by atoms with E-state index in [-0.39, 0.29) is 22.6 Å². The van der Waals surface area contributed by atoms with E-state index in [1.807, 2.05) is 0 Å². The van der Waals surface area contributed by atoms with E-state index in [4.69, 9.17) is 11.6 Å². The van der Waals surface area contributed by atoms with Crippen molar-refractivity contribution in [3.63, 3.8) is 0 Å². The lowest BCUT2D eigenvalue weighted by Crippen LogP contribution is -2.25. The van der Waals surface area contributed by atoms with E-state index in [1.54, 1.807) is 6.07 Å². The molecule has 1 atom stereocenters. The molecule has 2 rings (SSSR count). The van der Waals surface area contributed by atoms with Crippen LogP contribution >= 0.6 is 11.6 Å². The molecule has 6 heteroatoms. The maximum Gasteiger partial charge on any atom is 0.152 e. The molecule has 0 amide bonds. The minimum Gasteiger partial charge on any atom is -0.309 e. The first-order valence-electron chi connectivity index (χ1n) is 5.37. The molecule has 1 aromatic carbocycles. The van der Waals surface area contributed by atoms with Crippen LogP contribution in [0, 0.1) is 5.82 Å². The quantitative estimate of drug-likeness (QED) is 0.853. The van der Waals surface area contributed by atoms with Crippen molar-refractivity contribution in [2.45, 2.75) is 12.5 Å². The zero-order chi connectivity index (χ0) is 12.5. The van der Waals surface area contributed by atoms with Gasteiger partial charge in [0.05, 0.1) is 16.5 Å². The van der Waals surface area contributed by atoms with Crippen molar-refractivity contribution >= 4 is 21.4 Å². The third kappa shape index (κ3) is 3.18. The lowest BCUT2D eigenvalue weighted by Gasteiger charge is -2.16. The summed E-state index contributed by atoms with van der Waals surface area (Å²) in [6.45, 7) is 0.638. The molecule has 0 radical (unpaired) electrons. The molecule has 0 bridgehead atoms. The maximum atomic E-state index is 13.0. The highest BCUT2D eigenvalue weighted by molar-refractivity contribution is 7.91. The van der Waals surface area contributed by atoms with E-state index >= 15 is 0 Å². The number of rotatable bonds is 1. The van der Waals surface area contributed by atoms with Gasteiger partial charge in [-0.25, -0.2) is 12.8 Å². The maximum absolute atomic E-state index is 13.0. The number of hydrogen-bond donors (Lipinski definition) is 1.